The van der Waals surface area contributed by atoms with Gasteiger partial charge in [-0.3, -0.25) is 9.59 Å². The van der Waals surface area contributed by atoms with Crippen LogP contribution in [0.5, 0.6) is 0 Å². The normalized spacial score (nSPS) is 14.3. The number of piperidine rings is 1. The first kappa shape index (κ1) is 18.3. The fraction of sp³-hybridized carbons (Fsp3) is 0.316. The maximum atomic E-state index is 12.0. The second kappa shape index (κ2) is 8.76. The third-order valence-corrected chi connectivity index (χ3v) is 4.50. The van der Waals surface area contributed by atoms with E-state index in [0.29, 0.717) is 23.7 Å². The molecule has 0 spiro atoms. The van der Waals surface area contributed by atoms with E-state index in [1.54, 1.807) is 42.7 Å². The summed E-state index contributed by atoms with van der Waals surface area (Å²) in [5, 5.41) is 14.2. The highest BCUT2D eigenvalue weighted by atomic mass is 16.2. The monoisotopic (exact) mass is 364 g/mol. The fourth-order valence-corrected chi connectivity index (χ4v) is 2.98. The number of hydrogen-bond donors (Lipinski definition) is 2. The highest BCUT2D eigenvalue weighted by Crippen LogP contribution is 2.19. The molecule has 8 heteroatoms. The van der Waals surface area contributed by atoms with E-state index in [1.165, 1.54) is 0 Å². The standard InChI is InChI=1S/C19H20N6O2/c20-12-15-4-1-2-5-16(15)24-18(27)17(26)23-13-14-6-10-25(11-7-14)19-21-8-3-9-22-19/h1-5,8-9,14H,6-7,10-11,13H2,(H,23,26)(H,24,27). The molecule has 2 aromatic rings. The lowest BCUT2D eigenvalue weighted by atomic mass is 9.97. The minimum atomic E-state index is -0.771. The van der Waals surface area contributed by atoms with E-state index in [-0.39, 0.29) is 0 Å². The summed E-state index contributed by atoms with van der Waals surface area (Å²) in [5.41, 5.74) is 0.644. The number of carbonyl (C=O) groups excluding carboxylic acids is 2. The van der Waals surface area contributed by atoms with Crippen molar-refractivity contribution in [3.63, 3.8) is 0 Å². The first-order valence-corrected chi connectivity index (χ1v) is 8.77. The summed E-state index contributed by atoms with van der Waals surface area (Å²) in [6, 6.07) is 10.3. The average Bonchev–Trinajstić information content (AvgIpc) is 2.73. The average molecular weight is 364 g/mol. The van der Waals surface area contributed by atoms with Gasteiger partial charge in [0.1, 0.15) is 6.07 Å². The molecule has 2 heterocycles. The number of hydrogen-bond acceptors (Lipinski definition) is 6. The Bertz CT molecular complexity index is 841. The number of rotatable bonds is 4. The zero-order valence-electron chi connectivity index (χ0n) is 14.8. The predicted molar refractivity (Wildman–Crippen MR) is 99.8 cm³/mol. The summed E-state index contributed by atoms with van der Waals surface area (Å²) in [5.74, 6) is -0.451. The zero-order valence-corrected chi connectivity index (χ0v) is 14.8. The van der Waals surface area contributed by atoms with Crippen molar-refractivity contribution in [3.8, 4) is 6.07 Å². The molecule has 0 atom stereocenters. The van der Waals surface area contributed by atoms with Crippen LogP contribution in [0.3, 0.4) is 0 Å². The van der Waals surface area contributed by atoms with Crippen LogP contribution in [0.4, 0.5) is 11.6 Å². The lowest BCUT2D eigenvalue weighted by molar-refractivity contribution is -0.136. The van der Waals surface area contributed by atoms with Gasteiger partial charge in [-0.25, -0.2) is 9.97 Å². The van der Waals surface area contributed by atoms with Gasteiger partial charge in [0.2, 0.25) is 5.95 Å². The lowest BCUT2D eigenvalue weighted by Crippen LogP contribution is -2.42. The summed E-state index contributed by atoms with van der Waals surface area (Å²) in [6.07, 6.45) is 5.21. The van der Waals surface area contributed by atoms with Crippen molar-refractivity contribution in [2.75, 3.05) is 29.9 Å². The van der Waals surface area contributed by atoms with E-state index in [0.717, 1.165) is 31.9 Å². The molecule has 3 rings (SSSR count). The molecule has 2 N–H and O–H groups in total. The van der Waals surface area contributed by atoms with Crippen LogP contribution in [-0.4, -0.2) is 41.4 Å². The van der Waals surface area contributed by atoms with Gasteiger partial charge in [-0.15, -0.1) is 0 Å². The topological polar surface area (TPSA) is 111 Å². The van der Waals surface area contributed by atoms with Crippen LogP contribution in [0.25, 0.3) is 0 Å². The van der Waals surface area contributed by atoms with Crippen molar-refractivity contribution in [3.05, 3.63) is 48.3 Å². The van der Waals surface area contributed by atoms with Gasteiger partial charge in [-0.05, 0) is 37.0 Å². The van der Waals surface area contributed by atoms with E-state index in [2.05, 4.69) is 25.5 Å². The second-order valence-electron chi connectivity index (χ2n) is 6.30. The van der Waals surface area contributed by atoms with E-state index in [4.69, 9.17) is 5.26 Å². The molecule has 27 heavy (non-hydrogen) atoms. The van der Waals surface area contributed by atoms with E-state index < -0.39 is 11.8 Å². The molecule has 1 aromatic carbocycles. The van der Waals surface area contributed by atoms with Gasteiger partial charge < -0.3 is 15.5 Å². The minimum Gasteiger partial charge on any atom is -0.348 e. The van der Waals surface area contributed by atoms with Crippen molar-refractivity contribution in [1.82, 2.24) is 15.3 Å². The SMILES string of the molecule is N#Cc1ccccc1NC(=O)C(=O)NCC1CCN(c2ncccn2)CC1. The maximum Gasteiger partial charge on any atom is 0.313 e. The van der Waals surface area contributed by atoms with Crippen LogP contribution < -0.4 is 15.5 Å². The Hall–Kier alpha value is -3.47. The van der Waals surface area contributed by atoms with Crippen LogP contribution >= 0.6 is 0 Å². The van der Waals surface area contributed by atoms with Gasteiger partial charge in [-0.1, -0.05) is 12.1 Å². The first-order chi connectivity index (χ1) is 13.2. The Balaban J connectivity index is 1.44. The maximum absolute atomic E-state index is 12.0. The Morgan fingerprint density at radius 2 is 1.81 bits per heavy atom. The Kier molecular flexibility index (Phi) is 5.94. The molecule has 1 aromatic heterocycles. The number of anilines is 2. The van der Waals surface area contributed by atoms with E-state index in [1.807, 2.05) is 6.07 Å². The van der Waals surface area contributed by atoms with Gasteiger partial charge in [0.25, 0.3) is 0 Å². The molecule has 1 fully saturated rings. The van der Waals surface area contributed by atoms with Gasteiger partial charge in [0.15, 0.2) is 0 Å². The third-order valence-electron chi connectivity index (χ3n) is 4.50. The largest absolute Gasteiger partial charge is 0.348 e. The Morgan fingerprint density at radius 1 is 1.11 bits per heavy atom. The van der Waals surface area contributed by atoms with Crippen LogP contribution in [0.2, 0.25) is 0 Å². The van der Waals surface area contributed by atoms with Crippen molar-refractivity contribution >= 4 is 23.5 Å². The fourth-order valence-electron chi connectivity index (χ4n) is 2.98. The number of nitrogens with zero attached hydrogens (tertiary/aromatic N) is 4. The molecule has 8 nitrogen and oxygen atoms in total. The van der Waals surface area contributed by atoms with Crippen LogP contribution in [0, 0.1) is 17.2 Å². The molecule has 0 unspecified atom stereocenters. The van der Waals surface area contributed by atoms with Gasteiger partial charge >= 0.3 is 11.8 Å². The number of para-hydroxylation sites is 1. The summed E-state index contributed by atoms with van der Waals surface area (Å²) < 4.78 is 0. The second-order valence-corrected chi connectivity index (χ2v) is 6.30. The van der Waals surface area contributed by atoms with Gasteiger partial charge in [0, 0.05) is 32.0 Å². The third kappa shape index (κ3) is 4.79. The van der Waals surface area contributed by atoms with Gasteiger partial charge in [0.05, 0.1) is 11.3 Å². The molecule has 0 radical (unpaired) electrons. The van der Waals surface area contributed by atoms with Gasteiger partial charge in [-0.2, -0.15) is 5.26 Å². The summed E-state index contributed by atoms with van der Waals surface area (Å²) in [7, 11) is 0. The highest BCUT2D eigenvalue weighted by Gasteiger charge is 2.22. The molecular formula is C19H20N6O2. The van der Waals surface area contributed by atoms with E-state index in [9.17, 15) is 9.59 Å². The van der Waals surface area contributed by atoms with Crippen molar-refractivity contribution in [2.24, 2.45) is 5.92 Å². The highest BCUT2D eigenvalue weighted by molar-refractivity contribution is 6.39. The lowest BCUT2D eigenvalue weighted by Gasteiger charge is -2.31. The molecule has 1 saturated heterocycles. The zero-order chi connectivity index (χ0) is 19.1. The summed E-state index contributed by atoms with van der Waals surface area (Å²) in [6.45, 7) is 2.06. The molecular weight excluding hydrogens is 344 g/mol. The molecule has 1 aliphatic heterocycles. The van der Waals surface area contributed by atoms with Crippen molar-refractivity contribution < 1.29 is 9.59 Å². The van der Waals surface area contributed by atoms with Crippen LogP contribution in [-0.2, 0) is 9.59 Å². The smallest absolute Gasteiger partial charge is 0.313 e. The molecule has 0 bridgehead atoms. The Morgan fingerprint density at radius 3 is 2.52 bits per heavy atom. The van der Waals surface area contributed by atoms with Crippen molar-refractivity contribution in [2.45, 2.75) is 12.8 Å². The number of amides is 2. The number of nitriles is 1. The Labute approximate surface area is 157 Å². The predicted octanol–water partition coefficient (Wildman–Crippen LogP) is 1.32. The number of aromatic nitrogens is 2. The quantitative estimate of drug-likeness (QED) is 0.792. The molecule has 2 amide bonds. The molecule has 0 saturated carbocycles. The van der Waals surface area contributed by atoms with E-state index >= 15 is 0 Å². The van der Waals surface area contributed by atoms with Crippen molar-refractivity contribution in [1.29, 1.82) is 5.26 Å². The molecule has 0 aliphatic carbocycles. The van der Waals surface area contributed by atoms with Crippen LogP contribution in [0.15, 0.2) is 42.7 Å². The first-order valence-electron chi connectivity index (χ1n) is 8.77. The summed E-state index contributed by atoms with van der Waals surface area (Å²) >= 11 is 0. The number of carbonyl (C=O) groups is 2. The van der Waals surface area contributed by atoms with Crippen LogP contribution in [0.1, 0.15) is 18.4 Å². The minimum absolute atomic E-state index is 0.299. The summed E-state index contributed by atoms with van der Waals surface area (Å²) in [4.78, 5) is 34.7. The molecule has 1 aliphatic rings. The molecule has 138 valence electrons. The number of benzene rings is 1. The number of nitrogens with one attached hydrogen (secondary N) is 2.